The number of methoxy groups -OCH3 is 2. The van der Waals surface area contributed by atoms with E-state index in [2.05, 4.69) is 29.2 Å². The molecule has 23 heavy (non-hydrogen) atoms. The molecule has 4 nitrogen and oxygen atoms in total. The Kier molecular flexibility index (Phi) is 4.44. The van der Waals surface area contributed by atoms with Gasteiger partial charge in [0.05, 0.1) is 19.7 Å². The maximum Gasteiger partial charge on any atom is 0.168 e. The van der Waals surface area contributed by atoms with E-state index in [4.69, 9.17) is 15.2 Å². The van der Waals surface area contributed by atoms with E-state index < -0.39 is 0 Å². The summed E-state index contributed by atoms with van der Waals surface area (Å²) in [7, 11) is 3.30. The monoisotopic (exact) mass is 308 g/mol. The highest BCUT2D eigenvalue weighted by atomic mass is 16.5. The van der Waals surface area contributed by atoms with E-state index in [1.807, 2.05) is 18.2 Å². The molecule has 0 amide bonds. The number of ether oxygens (including phenoxy) is 2. The third-order valence-corrected chi connectivity index (χ3v) is 3.89. The van der Waals surface area contributed by atoms with Gasteiger partial charge in [-0.2, -0.15) is 0 Å². The minimum Gasteiger partial charge on any atom is -0.493 e. The zero-order valence-corrected chi connectivity index (χ0v) is 13.4. The Morgan fingerprint density at radius 1 is 1.00 bits per heavy atom. The van der Waals surface area contributed by atoms with Crippen molar-refractivity contribution in [3.05, 3.63) is 54.2 Å². The molecule has 0 spiro atoms. The molecule has 0 radical (unpaired) electrons. The molecule has 0 unspecified atom stereocenters. The van der Waals surface area contributed by atoms with Crippen LogP contribution in [0.4, 0.5) is 0 Å². The van der Waals surface area contributed by atoms with Crippen LogP contribution in [-0.4, -0.2) is 25.7 Å². The highest BCUT2D eigenvalue weighted by Crippen LogP contribution is 2.41. The number of hydrogen-bond acceptors (Lipinski definition) is 4. The second-order valence-corrected chi connectivity index (χ2v) is 5.30. The predicted molar refractivity (Wildman–Crippen MR) is 93.0 cm³/mol. The van der Waals surface area contributed by atoms with E-state index >= 15 is 0 Å². The standard InChI is InChI=1S/C19H20N2O2/c1-22-17-12-13(8-9-20)11-16(19(17)23-2)15-7-3-5-14-6-4-10-21-18(14)15/h3-7,10-12H,8-9,20H2,1-2H3. The first-order valence-corrected chi connectivity index (χ1v) is 7.57. The van der Waals surface area contributed by atoms with Crippen LogP contribution in [-0.2, 0) is 6.42 Å². The van der Waals surface area contributed by atoms with Crippen LogP contribution < -0.4 is 15.2 Å². The number of aromatic nitrogens is 1. The lowest BCUT2D eigenvalue weighted by Crippen LogP contribution is -2.04. The molecule has 1 heterocycles. The smallest absolute Gasteiger partial charge is 0.168 e. The first kappa shape index (κ1) is 15.3. The van der Waals surface area contributed by atoms with Crippen LogP contribution in [0.5, 0.6) is 11.5 Å². The minimum absolute atomic E-state index is 0.586. The quantitative estimate of drug-likeness (QED) is 0.784. The third kappa shape index (κ3) is 2.85. The maximum atomic E-state index is 5.72. The van der Waals surface area contributed by atoms with E-state index in [9.17, 15) is 0 Å². The molecule has 0 aliphatic heterocycles. The molecule has 0 bridgehead atoms. The van der Waals surface area contributed by atoms with Crippen LogP contribution in [0.3, 0.4) is 0 Å². The number of hydrogen-bond donors (Lipinski definition) is 1. The van der Waals surface area contributed by atoms with E-state index in [-0.39, 0.29) is 0 Å². The number of para-hydroxylation sites is 1. The van der Waals surface area contributed by atoms with Crippen molar-refractivity contribution in [2.24, 2.45) is 5.73 Å². The lowest BCUT2D eigenvalue weighted by atomic mass is 9.97. The summed E-state index contributed by atoms with van der Waals surface area (Å²) in [5.41, 5.74) is 9.78. The van der Waals surface area contributed by atoms with Gasteiger partial charge in [-0.15, -0.1) is 0 Å². The Labute approximate surface area is 135 Å². The van der Waals surface area contributed by atoms with Crippen LogP contribution >= 0.6 is 0 Å². The van der Waals surface area contributed by atoms with Crippen molar-refractivity contribution in [1.82, 2.24) is 4.98 Å². The summed E-state index contributed by atoms with van der Waals surface area (Å²) in [4.78, 5) is 4.54. The Morgan fingerprint density at radius 2 is 1.83 bits per heavy atom. The van der Waals surface area contributed by atoms with Gasteiger partial charge in [-0.05, 0) is 36.7 Å². The van der Waals surface area contributed by atoms with Crippen molar-refractivity contribution in [1.29, 1.82) is 0 Å². The van der Waals surface area contributed by atoms with Crippen molar-refractivity contribution in [3.8, 4) is 22.6 Å². The number of nitrogens with two attached hydrogens (primary N) is 1. The lowest BCUT2D eigenvalue weighted by molar-refractivity contribution is 0.356. The van der Waals surface area contributed by atoms with E-state index in [1.54, 1.807) is 20.4 Å². The van der Waals surface area contributed by atoms with Gasteiger partial charge in [-0.1, -0.05) is 24.3 Å². The van der Waals surface area contributed by atoms with Crippen LogP contribution in [0, 0.1) is 0 Å². The van der Waals surface area contributed by atoms with Gasteiger partial charge in [0.1, 0.15) is 0 Å². The van der Waals surface area contributed by atoms with Crippen LogP contribution in [0.1, 0.15) is 5.56 Å². The van der Waals surface area contributed by atoms with Crippen molar-refractivity contribution in [3.63, 3.8) is 0 Å². The van der Waals surface area contributed by atoms with E-state index in [0.717, 1.165) is 34.0 Å². The second kappa shape index (κ2) is 6.67. The van der Waals surface area contributed by atoms with Crippen molar-refractivity contribution >= 4 is 10.9 Å². The van der Waals surface area contributed by atoms with E-state index in [1.165, 1.54) is 0 Å². The molecule has 2 aromatic carbocycles. The molecule has 0 saturated heterocycles. The zero-order valence-electron chi connectivity index (χ0n) is 13.4. The fraction of sp³-hybridized carbons (Fsp3) is 0.211. The minimum atomic E-state index is 0.586. The number of pyridine rings is 1. The molecule has 2 N–H and O–H groups in total. The summed E-state index contributed by atoms with van der Waals surface area (Å²) in [5, 5.41) is 1.09. The number of rotatable bonds is 5. The number of benzene rings is 2. The summed E-state index contributed by atoms with van der Waals surface area (Å²) in [6.07, 6.45) is 2.59. The average molecular weight is 308 g/mol. The molecular weight excluding hydrogens is 288 g/mol. The van der Waals surface area contributed by atoms with Gasteiger partial charge in [0.15, 0.2) is 11.5 Å². The second-order valence-electron chi connectivity index (χ2n) is 5.30. The molecule has 4 heteroatoms. The van der Waals surface area contributed by atoms with Gasteiger partial charge in [0, 0.05) is 22.7 Å². The van der Waals surface area contributed by atoms with Gasteiger partial charge in [-0.3, -0.25) is 4.98 Å². The van der Waals surface area contributed by atoms with Crippen LogP contribution in [0.15, 0.2) is 48.7 Å². The summed E-state index contributed by atoms with van der Waals surface area (Å²) in [5.74, 6) is 1.42. The summed E-state index contributed by atoms with van der Waals surface area (Å²) in [6, 6.07) is 14.2. The summed E-state index contributed by atoms with van der Waals surface area (Å²) < 4.78 is 11.1. The zero-order chi connectivity index (χ0) is 16.2. The fourth-order valence-electron chi connectivity index (χ4n) is 2.85. The Balaban J connectivity index is 2.30. The summed E-state index contributed by atoms with van der Waals surface area (Å²) in [6.45, 7) is 0.586. The molecule has 3 aromatic rings. The molecule has 118 valence electrons. The average Bonchev–Trinajstić information content (AvgIpc) is 2.60. The normalized spacial score (nSPS) is 10.7. The van der Waals surface area contributed by atoms with Gasteiger partial charge in [0.25, 0.3) is 0 Å². The summed E-state index contributed by atoms with van der Waals surface area (Å²) >= 11 is 0. The molecule has 0 aliphatic carbocycles. The predicted octanol–water partition coefficient (Wildman–Crippen LogP) is 3.42. The van der Waals surface area contributed by atoms with Crippen molar-refractivity contribution in [2.45, 2.75) is 6.42 Å². The lowest BCUT2D eigenvalue weighted by Gasteiger charge is -2.16. The van der Waals surface area contributed by atoms with Gasteiger partial charge < -0.3 is 15.2 Å². The van der Waals surface area contributed by atoms with Crippen molar-refractivity contribution in [2.75, 3.05) is 20.8 Å². The maximum absolute atomic E-state index is 5.72. The molecule has 0 fully saturated rings. The number of nitrogens with zero attached hydrogens (tertiary/aromatic N) is 1. The van der Waals surface area contributed by atoms with Crippen LogP contribution in [0.2, 0.25) is 0 Å². The first-order valence-electron chi connectivity index (χ1n) is 7.57. The highest BCUT2D eigenvalue weighted by Gasteiger charge is 2.16. The van der Waals surface area contributed by atoms with Crippen molar-refractivity contribution < 1.29 is 9.47 Å². The fourth-order valence-corrected chi connectivity index (χ4v) is 2.85. The molecule has 3 rings (SSSR count). The highest BCUT2D eigenvalue weighted by molar-refractivity contribution is 5.95. The molecule has 0 saturated carbocycles. The Morgan fingerprint density at radius 3 is 2.57 bits per heavy atom. The largest absolute Gasteiger partial charge is 0.493 e. The van der Waals surface area contributed by atoms with Crippen LogP contribution in [0.25, 0.3) is 22.0 Å². The molecule has 0 aliphatic rings. The van der Waals surface area contributed by atoms with Gasteiger partial charge >= 0.3 is 0 Å². The van der Waals surface area contributed by atoms with Gasteiger partial charge in [0.2, 0.25) is 0 Å². The third-order valence-electron chi connectivity index (χ3n) is 3.89. The number of fused-ring (bicyclic) bond motifs is 1. The molecule has 0 atom stereocenters. The van der Waals surface area contributed by atoms with Gasteiger partial charge in [-0.25, -0.2) is 0 Å². The SMILES string of the molecule is COc1cc(CCN)cc(-c2cccc3cccnc23)c1OC. The Hall–Kier alpha value is -2.59. The topological polar surface area (TPSA) is 57.4 Å². The van der Waals surface area contributed by atoms with E-state index in [0.29, 0.717) is 18.0 Å². The Bertz CT molecular complexity index is 825. The first-order chi connectivity index (χ1) is 11.3. The molecule has 1 aromatic heterocycles. The molecular formula is C19H20N2O2.